The number of hydrogen-bond acceptors (Lipinski definition) is 4. The number of amides is 1. The van der Waals surface area contributed by atoms with Crippen molar-refractivity contribution >= 4 is 34.5 Å². The molecule has 1 N–H and O–H groups in total. The fourth-order valence-corrected chi connectivity index (χ4v) is 4.13. The summed E-state index contributed by atoms with van der Waals surface area (Å²) >= 11 is 1.35. The lowest BCUT2D eigenvalue weighted by Crippen LogP contribution is -2.47. The summed E-state index contributed by atoms with van der Waals surface area (Å²) in [5.41, 5.74) is 0.182. The van der Waals surface area contributed by atoms with Gasteiger partial charge in [0.2, 0.25) is 0 Å². The van der Waals surface area contributed by atoms with Crippen molar-refractivity contribution in [1.82, 2.24) is 4.90 Å². The number of aliphatic imine (C=N–C) groups is 1. The number of amidine groups is 1. The van der Waals surface area contributed by atoms with Crippen LogP contribution in [0.25, 0.3) is 0 Å². The van der Waals surface area contributed by atoms with Crippen molar-refractivity contribution in [2.24, 2.45) is 4.99 Å². The van der Waals surface area contributed by atoms with E-state index in [0.29, 0.717) is 11.6 Å². The first-order valence-corrected chi connectivity index (χ1v) is 9.38. The maximum Gasteiger partial charge on any atom is 0.336 e. The van der Waals surface area contributed by atoms with Gasteiger partial charge >= 0.3 is 5.97 Å². The van der Waals surface area contributed by atoms with Crippen LogP contribution in [0.4, 0.5) is 5.69 Å². The Balaban J connectivity index is 2.13. The number of para-hydroxylation sites is 1. The molecule has 0 aliphatic carbocycles. The first-order valence-electron chi connectivity index (χ1n) is 8.56. The van der Waals surface area contributed by atoms with Gasteiger partial charge in [-0.1, -0.05) is 55.6 Å². The zero-order valence-corrected chi connectivity index (χ0v) is 16.0. The SMILES string of the molecule is C=C1SC(=Nc2ccccc2)N(C(=O)c2ccccc2C(=O)O)[C@]1(C)CC. The largest absolute Gasteiger partial charge is 0.478 e. The predicted octanol–water partition coefficient (Wildman–Crippen LogP) is 4.94. The highest BCUT2D eigenvalue weighted by Crippen LogP contribution is 2.46. The van der Waals surface area contributed by atoms with E-state index in [1.54, 1.807) is 17.0 Å². The molecule has 1 saturated heterocycles. The Morgan fingerprint density at radius 3 is 2.30 bits per heavy atom. The van der Waals surface area contributed by atoms with Gasteiger partial charge in [0.15, 0.2) is 5.17 Å². The van der Waals surface area contributed by atoms with Crippen molar-refractivity contribution in [1.29, 1.82) is 0 Å². The first kappa shape index (κ1) is 18.9. The van der Waals surface area contributed by atoms with Crippen molar-refractivity contribution in [3.8, 4) is 0 Å². The molecule has 27 heavy (non-hydrogen) atoms. The maximum absolute atomic E-state index is 13.4. The second-order valence-corrected chi connectivity index (χ2v) is 7.44. The molecule has 0 aromatic heterocycles. The normalized spacial score (nSPS) is 20.9. The van der Waals surface area contributed by atoms with E-state index in [1.165, 1.54) is 23.9 Å². The Hall–Kier alpha value is -2.86. The molecule has 0 unspecified atom stereocenters. The van der Waals surface area contributed by atoms with Crippen LogP contribution < -0.4 is 0 Å². The Kier molecular flexibility index (Phi) is 5.19. The molecule has 1 atom stereocenters. The molecule has 1 amide bonds. The number of hydrogen-bond donors (Lipinski definition) is 1. The predicted molar refractivity (Wildman–Crippen MR) is 109 cm³/mol. The summed E-state index contributed by atoms with van der Waals surface area (Å²) in [7, 11) is 0. The molecule has 1 aliphatic heterocycles. The minimum atomic E-state index is -1.13. The van der Waals surface area contributed by atoms with Gasteiger partial charge in [-0.2, -0.15) is 0 Å². The Labute approximate surface area is 162 Å². The van der Waals surface area contributed by atoms with Gasteiger partial charge in [0.1, 0.15) is 0 Å². The second-order valence-electron chi connectivity index (χ2n) is 6.37. The number of carbonyl (C=O) groups is 2. The van der Waals surface area contributed by atoms with E-state index < -0.39 is 17.4 Å². The summed E-state index contributed by atoms with van der Waals surface area (Å²) in [6, 6.07) is 15.6. The summed E-state index contributed by atoms with van der Waals surface area (Å²) in [4.78, 5) is 32.0. The zero-order chi connectivity index (χ0) is 19.6. The summed E-state index contributed by atoms with van der Waals surface area (Å²) in [5.74, 6) is -1.53. The standard InChI is InChI=1S/C21H20N2O3S/c1-4-21(3)14(2)27-20(22-15-10-6-5-7-11-15)23(21)18(24)16-12-8-9-13-17(16)19(25)26/h5-13H,2,4H2,1,3H3,(H,25,26)/t21-/m1/s1. The number of rotatable bonds is 4. The van der Waals surface area contributed by atoms with Crippen LogP contribution in [0.15, 0.2) is 71.1 Å². The topological polar surface area (TPSA) is 70.0 Å². The molecule has 0 spiro atoms. The van der Waals surface area contributed by atoms with Gasteiger partial charge in [-0.3, -0.25) is 9.69 Å². The lowest BCUT2D eigenvalue weighted by molar-refractivity contribution is 0.0676. The van der Waals surface area contributed by atoms with Crippen molar-refractivity contribution in [2.75, 3.05) is 0 Å². The molecule has 2 aromatic carbocycles. The molecule has 0 saturated carbocycles. The van der Waals surface area contributed by atoms with Gasteiger partial charge in [-0.05, 0) is 37.6 Å². The highest BCUT2D eigenvalue weighted by molar-refractivity contribution is 8.17. The Bertz CT molecular complexity index is 939. The Morgan fingerprint density at radius 2 is 1.70 bits per heavy atom. The average molecular weight is 380 g/mol. The lowest BCUT2D eigenvalue weighted by atomic mass is 9.95. The number of thioether (sulfide) groups is 1. The monoisotopic (exact) mass is 380 g/mol. The quantitative estimate of drug-likeness (QED) is 0.815. The Morgan fingerprint density at radius 1 is 1.11 bits per heavy atom. The molecule has 138 valence electrons. The van der Waals surface area contributed by atoms with Crippen molar-refractivity contribution < 1.29 is 14.7 Å². The van der Waals surface area contributed by atoms with Gasteiger partial charge in [-0.25, -0.2) is 9.79 Å². The molecule has 2 aromatic rings. The van der Waals surface area contributed by atoms with Crippen LogP contribution in [0.3, 0.4) is 0 Å². The fraction of sp³-hybridized carbons (Fsp3) is 0.190. The minimum absolute atomic E-state index is 0.0254. The van der Waals surface area contributed by atoms with Crippen molar-refractivity contribution in [3.63, 3.8) is 0 Å². The summed E-state index contributed by atoms with van der Waals surface area (Å²) < 4.78 is 0. The summed E-state index contributed by atoms with van der Waals surface area (Å²) in [5, 5.41) is 9.97. The number of nitrogens with zero attached hydrogens (tertiary/aromatic N) is 2. The smallest absolute Gasteiger partial charge is 0.336 e. The highest BCUT2D eigenvalue weighted by atomic mass is 32.2. The van der Waals surface area contributed by atoms with Gasteiger partial charge in [0.05, 0.1) is 22.4 Å². The van der Waals surface area contributed by atoms with Crippen LogP contribution in [-0.2, 0) is 0 Å². The average Bonchev–Trinajstić information content (AvgIpc) is 2.92. The molecule has 3 rings (SSSR count). The summed E-state index contributed by atoms with van der Waals surface area (Å²) in [6.45, 7) is 8.03. The number of carboxylic acid groups (broad SMARTS) is 1. The molecular weight excluding hydrogens is 360 g/mol. The van der Waals surface area contributed by atoms with Gasteiger partial charge in [0.25, 0.3) is 5.91 Å². The molecule has 6 heteroatoms. The van der Waals surface area contributed by atoms with E-state index in [9.17, 15) is 14.7 Å². The van der Waals surface area contributed by atoms with E-state index >= 15 is 0 Å². The lowest BCUT2D eigenvalue weighted by Gasteiger charge is -2.34. The van der Waals surface area contributed by atoms with Gasteiger partial charge < -0.3 is 5.11 Å². The van der Waals surface area contributed by atoms with E-state index in [1.807, 2.05) is 44.2 Å². The van der Waals surface area contributed by atoms with Crippen LogP contribution in [0.5, 0.6) is 0 Å². The van der Waals surface area contributed by atoms with Crippen LogP contribution in [0, 0.1) is 0 Å². The number of benzene rings is 2. The van der Waals surface area contributed by atoms with Crippen LogP contribution in [0.1, 0.15) is 41.0 Å². The van der Waals surface area contributed by atoms with E-state index in [2.05, 4.69) is 11.6 Å². The van der Waals surface area contributed by atoms with Crippen molar-refractivity contribution in [3.05, 3.63) is 77.2 Å². The van der Waals surface area contributed by atoms with Crippen LogP contribution >= 0.6 is 11.8 Å². The molecule has 5 nitrogen and oxygen atoms in total. The van der Waals surface area contributed by atoms with Crippen molar-refractivity contribution in [2.45, 2.75) is 25.8 Å². The minimum Gasteiger partial charge on any atom is -0.478 e. The number of carboxylic acids is 1. The van der Waals surface area contributed by atoms with E-state index in [4.69, 9.17) is 0 Å². The molecule has 1 aliphatic rings. The number of aromatic carboxylic acids is 1. The van der Waals surface area contributed by atoms with E-state index in [0.717, 1.165) is 10.6 Å². The highest BCUT2D eigenvalue weighted by Gasteiger charge is 2.47. The van der Waals surface area contributed by atoms with Gasteiger partial charge in [-0.15, -0.1) is 0 Å². The third kappa shape index (κ3) is 3.40. The first-order chi connectivity index (χ1) is 12.9. The van der Waals surface area contributed by atoms with Crippen LogP contribution in [0.2, 0.25) is 0 Å². The maximum atomic E-state index is 13.4. The third-order valence-electron chi connectivity index (χ3n) is 4.76. The molecule has 0 radical (unpaired) electrons. The van der Waals surface area contributed by atoms with Gasteiger partial charge in [0, 0.05) is 4.91 Å². The zero-order valence-electron chi connectivity index (χ0n) is 15.2. The number of carbonyl (C=O) groups excluding carboxylic acids is 1. The van der Waals surface area contributed by atoms with Crippen LogP contribution in [-0.4, -0.2) is 32.6 Å². The molecular formula is C21H20N2O3S. The van der Waals surface area contributed by atoms with E-state index in [-0.39, 0.29) is 11.1 Å². The third-order valence-corrected chi connectivity index (χ3v) is 5.90. The molecule has 1 fully saturated rings. The molecule has 1 heterocycles. The summed E-state index contributed by atoms with van der Waals surface area (Å²) in [6.07, 6.45) is 0.633. The second kappa shape index (κ2) is 7.40. The molecule has 0 bridgehead atoms. The fourth-order valence-electron chi connectivity index (χ4n) is 2.93.